The molecule has 0 spiro atoms. The Morgan fingerprint density at radius 1 is 1.54 bits per heavy atom. The molecule has 1 aromatic rings. The van der Waals surface area contributed by atoms with E-state index < -0.39 is 0 Å². The Balaban J connectivity index is 2.30. The molecule has 1 N–H and O–H groups in total. The summed E-state index contributed by atoms with van der Waals surface area (Å²) in [6.07, 6.45) is 3.78. The van der Waals surface area contributed by atoms with Crippen LogP contribution >= 0.6 is 0 Å². The van der Waals surface area contributed by atoms with Crippen molar-refractivity contribution in [2.75, 3.05) is 26.7 Å². The number of hydrogen-bond acceptors (Lipinski definition) is 3. The van der Waals surface area contributed by atoms with E-state index in [-0.39, 0.29) is 6.61 Å². The minimum absolute atomic E-state index is 0.222. The normalized spacial score (nSPS) is 11.1. The second-order valence-corrected chi connectivity index (χ2v) is 3.19. The van der Waals surface area contributed by atoms with Crippen molar-refractivity contribution < 1.29 is 5.11 Å². The van der Waals surface area contributed by atoms with Crippen molar-refractivity contribution in [3.8, 4) is 0 Å². The molecule has 0 aliphatic rings. The standard InChI is InChI=1S/C9H17N3O/c1-9-10-3-4-12(9)6-5-11(2)7-8-13/h3-4,13H,5-8H2,1-2H3. The van der Waals surface area contributed by atoms with Crippen molar-refractivity contribution in [1.82, 2.24) is 14.5 Å². The van der Waals surface area contributed by atoms with E-state index in [2.05, 4.69) is 14.5 Å². The Bertz CT molecular complexity index is 247. The molecule has 0 bridgehead atoms. The first-order valence-electron chi connectivity index (χ1n) is 4.51. The predicted octanol–water partition coefficient (Wildman–Crippen LogP) is 0.116. The number of aryl methyl sites for hydroxylation is 1. The highest BCUT2D eigenvalue weighted by atomic mass is 16.3. The molecule has 0 amide bonds. The van der Waals surface area contributed by atoms with Gasteiger partial charge in [-0.15, -0.1) is 0 Å². The molecule has 0 radical (unpaired) electrons. The maximum Gasteiger partial charge on any atom is 0.105 e. The average Bonchev–Trinajstić information content (AvgIpc) is 2.48. The van der Waals surface area contributed by atoms with E-state index in [0.717, 1.165) is 25.5 Å². The smallest absolute Gasteiger partial charge is 0.105 e. The molecule has 1 aromatic heterocycles. The highest BCUT2D eigenvalue weighted by molar-refractivity contribution is 4.88. The molecule has 1 heterocycles. The third-order valence-electron chi connectivity index (χ3n) is 2.13. The van der Waals surface area contributed by atoms with Gasteiger partial charge in [0, 0.05) is 32.0 Å². The van der Waals surface area contributed by atoms with Gasteiger partial charge in [0.2, 0.25) is 0 Å². The molecule has 4 nitrogen and oxygen atoms in total. The fraction of sp³-hybridized carbons (Fsp3) is 0.667. The molecule has 0 aliphatic heterocycles. The first-order valence-corrected chi connectivity index (χ1v) is 4.51. The molecule has 0 aromatic carbocycles. The highest BCUT2D eigenvalue weighted by Crippen LogP contribution is 1.95. The summed E-state index contributed by atoms with van der Waals surface area (Å²) in [5.41, 5.74) is 0. The van der Waals surface area contributed by atoms with Crippen LogP contribution < -0.4 is 0 Å². The first-order chi connectivity index (χ1) is 6.24. The van der Waals surface area contributed by atoms with E-state index >= 15 is 0 Å². The summed E-state index contributed by atoms with van der Waals surface area (Å²) in [5.74, 6) is 1.04. The van der Waals surface area contributed by atoms with E-state index in [0.29, 0.717) is 0 Å². The molecule has 0 saturated heterocycles. The zero-order chi connectivity index (χ0) is 9.68. The fourth-order valence-electron chi connectivity index (χ4n) is 1.20. The van der Waals surface area contributed by atoms with Gasteiger partial charge >= 0.3 is 0 Å². The van der Waals surface area contributed by atoms with Crippen molar-refractivity contribution >= 4 is 0 Å². The van der Waals surface area contributed by atoms with Crippen molar-refractivity contribution in [2.45, 2.75) is 13.5 Å². The van der Waals surface area contributed by atoms with Gasteiger partial charge in [-0.2, -0.15) is 0 Å². The number of aliphatic hydroxyl groups is 1. The van der Waals surface area contributed by atoms with E-state index in [1.165, 1.54) is 0 Å². The summed E-state index contributed by atoms with van der Waals surface area (Å²) in [5, 5.41) is 8.69. The summed E-state index contributed by atoms with van der Waals surface area (Å²) < 4.78 is 2.11. The largest absolute Gasteiger partial charge is 0.395 e. The quantitative estimate of drug-likeness (QED) is 0.704. The van der Waals surface area contributed by atoms with Crippen LogP contribution in [-0.2, 0) is 6.54 Å². The van der Waals surface area contributed by atoms with Crippen LogP contribution in [0.2, 0.25) is 0 Å². The molecule has 0 aliphatic carbocycles. The van der Waals surface area contributed by atoms with Gasteiger partial charge in [0.05, 0.1) is 6.61 Å². The molecular weight excluding hydrogens is 166 g/mol. The van der Waals surface area contributed by atoms with E-state index in [4.69, 9.17) is 5.11 Å². The van der Waals surface area contributed by atoms with Crippen molar-refractivity contribution in [1.29, 1.82) is 0 Å². The molecule has 1 rings (SSSR count). The van der Waals surface area contributed by atoms with Crippen LogP contribution in [0.1, 0.15) is 5.82 Å². The summed E-state index contributed by atoms with van der Waals surface area (Å²) in [6.45, 7) is 4.82. The van der Waals surface area contributed by atoms with Crippen LogP contribution in [0, 0.1) is 6.92 Å². The minimum Gasteiger partial charge on any atom is -0.395 e. The Kier molecular flexibility index (Phi) is 3.92. The van der Waals surface area contributed by atoms with E-state index in [1.54, 1.807) is 6.20 Å². The number of imidazole rings is 1. The Hall–Kier alpha value is -0.870. The second kappa shape index (κ2) is 4.99. The number of aliphatic hydroxyl groups excluding tert-OH is 1. The number of nitrogens with zero attached hydrogens (tertiary/aromatic N) is 3. The molecule has 0 unspecified atom stereocenters. The fourth-order valence-corrected chi connectivity index (χ4v) is 1.20. The Morgan fingerprint density at radius 3 is 2.85 bits per heavy atom. The molecule has 0 fully saturated rings. The molecule has 4 heteroatoms. The SMILES string of the molecule is Cc1nccn1CCN(C)CCO. The van der Waals surface area contributed by atoms with Crippen LogP contribution in [0.25, 0.3) is 0 Å². The van der Waals surface area contributed by atoms with Gasteiger partial charge in [0.15, 0.2) is 0 Å². The third kappa shape index (κ3) is 3.16. The van der Waals surface area contributed by atoms with Crippen molar-refractivity contribution in [2.24, 2.45) is 0 Å². The zero-order valence-electron chi connectivity index (χ0n) is 8.27. The molecule has 0 atom stereocenters. The topological polar surface area (TPSA) is 41.3 Å². The van der Waals surface area contributed by atoms with Gasteiger partial charge in [-0.1, -0.05) is 0 Å². The third-order valence-corrected chi connectivity index (χ3v) is 2.13. The lowest BCUT2D eigenvalue weighted by atomic mass is 10.5. The van der Waals surface area contributed by atoms with E-state index in [9.17, 15) is 0 Å². The zero-order valence-corrected chi connectivity index (χ0v) is 8.27. The maximum atomic E-state index is 8.69. The Labute approximate surface area is 78.8 Å². The lowest BCUT2D eigenvalue weighted by Gasteiger charge is -2.15. The van der Waals surface area contributed by atoms with Crippen molar-refractivity contribution in [3.05, 3.63) is 18.2 Å². The second-order valence-electron chi connectivity index (χ2n) is 3.19. The first kappa shape index (κ1) is 10.2. The van der Waals surface area contributed by atoms with Crippen LogP contribution in [0.4, 0.5) is 0 Å². The van der Waals surface area contributed by atoms with Crippen LogP contribution in [0.15, 0.2) is 12.4 Å². The number of likely N-dealkylation sites (N-methyl/N-ethyl adjacent to an activating group) is 1. The van der Waals surface area contributed by atoms with Gasteiger partial charge in [0.1, 0.15) is 5.82 Å². The lowest BCUT2D eigenvalue weighted by molar-refractivity contribution is 0.217. The van der Waals surface area contributed by atoms with Gasteiger partial charge in [-0.25, -0.2) is 4.98 Å². The minimum atomic E-state index is 0.222. The number of rotatable bonds is 5. The van der Waals surface area contributed by atoms with Crippen LogP contribution in [-0.4, -0.2) is 46.3 Å². The van der Waals surface area contributed by atoms with Gasteiger partial charge in [0.25, 0.3) is 0 Å². The lowest BCUT2D eigenvalue weighted by Crippen LogP contribution is -2.26. The summed E-state index contributed by atoms with van der Waals surface area (Å²) in [6, 6.07) is 0. The average molecular weight is 183 g/mol. The predicted molar refractivity (Wildman–Crippen MR) is 51.5 cm³/mol. The van der Waals surface area contributed by atoms with E-state index in [1.807, 2.05) is 20.2 Å². The van der Waals surface area contributed by atoms with Gasteiger partial charge in [-0.05, 0) is 14.0 Å². The van der Waals surface area contributed by atoms with Crippen LogP contribution in [0.5, 0.6) is 0 Å². The molecular formula is C9H17N3O. The summed E-state index contributed by atoms with van der Waals surface area (Å²) in [4.78, 5) is 6.23. The number of hydrogen-bond donors (Lipinski definition) is 1. The number of aromatic nitrogens is 2. The molecule has 0 saturated carbocycles. The Morgan fingerprint density at radius 2 is 2.31 bits per heavy atom. The van der Waals surface area contributed by atoms with Gasteiger partial charge in [-0.3, -0.25) is 0 Å². The van der Waals surface area contributed by atoms with Gasteiger partial charge < -0.3 is 14.6 Å². The monoisotopic (exact) mass is 183 g/mol. The molecule has 74 valence electrons. The van der Waals surface area contributed by atoms with Crippen LogP contribution in [0.3, 0.4) is 0 Å². The van der Waals surface area contributed by atoms with Crippen molar-refractivity contribution in [3.63, 3.8) is 0 Å². The summed E-state index contributed by atoms with van der Waals surface area (Å²) >= 11 is 0. The maximum absolute atomic E-state index is 8.69. The molecule has 13 heavy (non-hydrogen) atoms. The highest BCUT2D eigenvalue weighted by Gasteiger charge is 1.99. The summed E-state index contributed by atoms with van der Waals surface area (Å²) in [7, 11) is 2.00.